The molecule has 0 unspecified atom stereocenters. The van der Waals surface area contributed by atoms with Crippen molar-refractivity contribution >= 4 is 11.8 Å². The van der Waals surface area contributed by atoms with Gasteiger partial charge < -0.3 is 14.0 Å². The number of hydrogen-bond donors (Lipinski definition) is 1. The fraction of sp³-hybridized carbons (Fsp3) is 0.125. The number of amides is 1. The van der Waals surface area contributed by atoms with E-state index in [0.717, 1.165) is 53.4 Å². The summed E-state index contributed by atoms with van der Waals surface area (Å²) in [6.07, 6.45) is -0.0642. The minimum absolute atomic E-state index is 0.101. The van der Waals surface area contributed by atoms with Gasteiger partial charge in [0.05, 0.1) is 18.0 Å². The van der Waals surface area contributed by atoms with Crippen LogP contribution in [0.3, 0.4) is 0 Å². The number of benzene rings is 4. The van der Waals surface area contributed by atoms with Crippen LogP contribution in [0.15, 0.2) is 103 Å². The van der Waals surface area contributed by atoms with Crippen LogP contribution in [0, 0.1) is 18.6 Å². The van der Waals surface area contributed by atoms with Crippen LogP contribution < -0.4 is 14.8 Å². The average molecular weight is 540 g/mol. The van der Waals surface area contributed by atoms with Crippen LogP contribution in [0.1, 0.15) is 12.2 Å². The first-order chi connectivity index (χ1) is 19.5. The van der Waals surface area contributed by atoms with Crippen molar-refractivity contribution in [3.63, 3.8) is 0 Å². The maximum Gasteiger partial charge on any atom is 0.417 e. The fourth-order valence-electron chi connectivity index (χ4n) is 4.36. The normalized spacial score (nSPS) is 10.8. The van der Waals surface area contributed by atoms with Gasteiger partial charge >= 0.3 is 6.09 Å². The highest BCUT2D eigenvalue weighted by molar-refractivity contribution is 5.86. The molecule has 1 heterocycles. The van der Waals surface area contributed by atoms with E-state index in [0.29, 0.717) is 18.0 Å². The standard InChI is InChI=1S/C32H27F2N3O3/c1-22-35-30(23-9-4-2-5-10-23)31(24-11-6-3-7-12-24)37(22)19-8-20-39-26-15-13-25(14-16-26)36-32(38)40-27-17-18-28(33)29(34)21-27/h2-7,9-18,21H,8,19-20H2,1H3,(H,36,38). The largest absolute Gasteiger partial charge is 0.494 e. The quantitative estimate of drug-likeness (QED) is 0.194. The summed E-state index contributed by atoms with van der Waals surface area (Å²) in [4.78, 5) is 17.0. The van der Waals surface area contributed by atoms with Crippen LogP contribution >= 0.6 is 0 Å². The molecule has 0 radical (unpaired) electrons. The molecular formula is C32H27F2N3O3. The molecule has 5 rings (SSSR count). The molecule has 0 aliphatic heterocycles. The second-order valence-corrected chi connectivity index (χ2v) is 9.06. The van der Waals surface area contributed by atoms with Crippen LogP contribution in [0.25, 0.3) is 22.5 Å². The van der Waals surface area contributed by atoms with Crippen molar-refractivity contribution < 1.29 is 23.0 Å². The van der Waals surface area contributed by atoms with Crippen molar-refractivity contribution in [2.45, 2.75) is 19.9 Å². The molecule has 40 heavy (non-hydrogen) atoms. The number of halogens is 2. The number of imidazole rings is 1. The third kappa shape index (κ3) is 6.35. The molecule has 1 aromatic heterocycles. The van der Waals surface area contributed by atoms with Crippen LogP contribution in [0.2, 0.25) is 0 Å². The van der Waals surface area contributed by atoms with Crippen LogP contribution in [-0.2, 0) is 6.54 Å². The van der Waals surface area contributed by atoms with Crippen LogP contribution in [0.4, 0.5) is 19.3 Å². The van der Waals surface area contributed by atoms with Gasteiger partial charge in [-0.3, -0.25) is 5.32 Å². The maximum atomic E-state index is 13.3. The summed E-state index contributed by atoms with van der Waals surface area (Å²) in [5.41, 5.74) is 4.68. The van der Waals surface area contributed by atoms with Crippen molar-refractivity contribution in [3.05, 3.63) is 121 Å². The molecular weight excluding hydrogens is 512 g/mol. The lowest BCUT2D eigenvalue weighted by Crippen LogP contribution is -2.16. The fourth-order valence-corrected chi connectivity index (χ4v) is 4.36. The zero-order chi connectivity index (χ0) is 27.9. The number of carbonyl (C=O) groups excluding carboxylic acids is 1. The lowest BCUT2D eigenvalue weighted by Gasteiger charge is -2.13. The first kappa shape index (κ1) is 26.6. The molecule has 0 fully saturated rings. The lowest BCUT2D eigenvalue weighted by atomic mass is 10.0. The predicted molar refractivity (Wildman–Crippen MR) is 150 cm³/mol. The second-order valence-electron chi connectivity index (χ2n) is 9.06. The Balaban J connectivity index is 1.18. The topological polar surface area (TPSA) is 65.4 Å². The highest BCUT2D eigenvalue weighted by Crippen LogP contribution is 2.33. The molecule has 0 bridgehead atoms. The molecule has 0 saturated carbocycles. The van der Waals surface area contributed by atoms with Gasteiger partial charge in [0.2, 0.25) is 0 Å². The third-order valence-electron chi connectivity index (χ3n) is 6.25. The molecule has 1 amide bonds. The predicted octanol–water partition coefficient (Wildman–Crippen LogP) is 7.88. The molecule has 6 nitrogen and oxygen atoms in total. The van der Waals surface area contributed by atoms with E-state index in [-0.39, 0.29) is 5.75 Å². The van der Waals surface area contributed by atoms with E-state index >= 15 is 0 Å². The van der Waals surface area contributed by atoms with Gasteiger partial charge in [-0.25, -0.2) is 18.6 Å². The maximum absolute atomic E-state index is 13.3. The minimum Gasteiger partial charge on any atom is -0.494 e. The second kappa shape index (κ2) is 12.3. The number of nitrogens with one attached hydrogen (secondary N) is 1. The summed E-state index contributed by atoms with van der Waals surface area (Å²) < 4.78 is 39.5. The summed E-state index contributed by atoms with van der Waals surface area (Å²) in [5.74, 6) is -0.630. The Morgan fingerprint density at radius 3 is 2.15 bits per heavy atom. The van der Waals surface area contributed by atoms with Crippen molar-refractivity contribution in [3.8, 4) is 34.0 Å². The molecule has 4 aromatic carbocycles. The molecule has 5 aromatic rings. The van der Waals surface area contributed by atoms with Gasteiger partial charge in [-0.05, 0) is 49.7 Å². The van der Waals surface area contributed by atoms with E-state index in [1.165, 1.54) is 6.07 Å². The summed E-state index contributed by atoms with van der Waals surface area (Å²) in [6, 6.07) is 30.1. The van der Waals surface area contributed by atoms with Gasteiger partial charge in [0.1, 0.15) is 17.3 Å². The molecule has 1 N–H and O–H groups in total. The Kier molecular flexibility index (Phi) is 8.15. The van der Waals surface area contributed by atoms with Gasteiger partial charge in [0, 0.05) is 29.4 Å². The Morgan fingerprint density at radius 1 is 0.825 bits per heavy atom. The summed E-state index contributed by atoms with van der Waals surface area (Å²) in [6.45, 7) is 3.23. The molecule has 0 atom stereocenters. The van der Waals surface area contributed by atoms with E-state index in [9.17, 15) is 13.6 Å². The highest BCUT2D eigenvalue weighted by Gasteiger charge is 2.17. The number of rotatable bonds is 9. The number of anilines is 1. The summed E-state index contributed by atoms with van der Waals surface area (Å²) >= 11 is 0. The van der Waals surface area contributed by atoms with Crippen molar-refractivity contribution in [2.75, 3.05) is 11.9 Å². The molecule has 8 heteroatoms. The van der Waals surface area contributed by atoms with E-state index in [2.05, 4.69) is 34.1 Å². The van der Waals surface area contributed by atoms with Gasteiger partial charge in [-0.1, -0.05) is 60.7 Å². The first-order valence-corrected chi connectivity index (χ1v) is 12.8. The SMILES string of the molecule is Cc1nc(-c2ccccc2)c(-c2ccccc2)n1CCCOc1ccc(NC(=O)Oc2ccc(F)c(F)c2)cc1. The smallest absolute Gasteiger partial charge is 0.417 e. The van der Waals surface area contributed by atoms with Crippen LogP contribution in [0.5, 0.6) is 11.5 Å². The highest BCUT2D eigenvalue weighted by atomic mass is 19.2. The third-order valence-corrected chi connectivity index (χ3v) is 6.25. The summed E-state index contributed by atoms with van der Waals surface area (Å²) in [5, 5.41) is 2.54. The number of carbonyl (C=O) groups is 1. The van der Waals surface area contributed by atoms with Gasteiger partial charge in [-0.2, -0.15) is 0 Å². The van der Waals surface area contributed by atoms with E-state index in [1.807, 2.05) is 43.3 Å². The molecule has 0 aliphatic carbocycles. The monoisotopic (exact) mass is 539 g/mol. The first-order valence-electron chi connectivity index (χ1n) is 12.8. The minimum atomic E-state index is -1.09. The molecule has 0 saturated heterocycles. The zero-order valence-corrected chi connectivity index (χ0v) is 21.8. The number of nitrogens with zero attached hydrogens (tertiary/aromatic N) is 2. The molecule has 0 aliphatic rings. The van der Waals surface area contributed by atoms with E-state index in [1.54, 1.807) is 24.3 Å². The Bertz CT molecular complexity index is 1590. The Hall–Kier alpha value is -4.98. The number of ether oxygens (including phenoxy) is 2. The Morgan fingerprint density at radius 2 is 1.48 bits per heavy atom. The zero-order valence-electron chi connectivity index (χ0n) is 21.8. The average Bonchev–Trinajstić information content (AvgIpc) is 3.30. The van der Waals surface area contributed by atoms with Gasteiger partial charge in [0.15, 0.2) is 11.6 Å². The summed E-state index contributed by atoms with van der Waals surface area (Å²) in [7, 11) is 0. The van der Waals surface area contributed by atoms with Crippen molar-refractivity contribution in [2.24, 2.45) is 0 Å². The van der Waals surface area contributed by atoms with E-state index < -0.39 is 17.7 Å². The molecule has 202 valence electrons. The van der Waals surface area contributed by atoms with E-state index in [4.69, 9.17) is 14.5 Å². The number of aromatic nitrogens is 2. The number of aryl methyl sites for hydroxylation is 1. The number of hydrogen-bond acceptors (Lipinski definition) is 4. The lowest BCUT2D eigenvalue weighted by molar-refractivity contribution is 0.215. The Labute approximate surface area is 230 Å². The van der Waals surface area contributed by atoms with Gasteiger partial charge in [0.25, 0.3) is 0 Å². The van der Waals surface area contributed by atoms with Crippen molar-refractivity contribution in [1.29, 1.82) is 0 Å². The van der Waals surface area contributed by atoms with Gasteiger partial charge in [-0.15, -0.1) is 0 Å². The van der Waals surface area contributed by atoms with Crippen molar-refractivity contribution in [1.82, 2.24) is 9.55 Å². The van der Waals surface area contributed by atoms with Crippen LogP contribution in [-0.4, -0.2) is 22.3 Å². The molecule has 0 spiro atoms.